The monoisotopic (exact) mass is 597 g/mol. The summed E-state index contributed by atoms with van der Waals surface area (Å²) < 4.78 is 43.3. The topological polar surface area (TPSA) is 114 Å². The fourth-order valence-electron chi connectivity index (χ4n) is 4.49. The maximum atomic E-state index is 14.2. The summed E-state index contributed by atoms with van der Waals surface area (Å²) in [6, 6.07) is 20.1. The number of nitrogens with zero attached hydrogens (tertiary/aromatic N) is 2. The molecule has 3 aromatic rings. The summed E-state index contributed by atoms with van der Waals surface area (Å²) in [5, 5.41) is 2.93. The molecule has 11 heteroatoms. The van der Waals surface area contributed by atoms with Crippen molar-refractivity contribution in [1.29, 1.82) is 0 Å². The van der Waals surface area contributed by atoms with E-state index in [4.69, 9.17) is 14.2 Å². The Morgan fingerprint density at radius 3 is 2.07 bits per heavy atom. The Morgan fingerprint density at radius 2 is 1.48 bits per heavy atom. The molecule has 0 unspecified atom stereocenters. The maximum Gasteiger partial charge on any atom is 0.244 e. The van der Waals surface area contributed by atoms with Crippen LogP contribution >= 0.6 is 0 Å². The molecule has 0 saturated heterocycles. The molecular formula is C31H39N3O7S. The third-order valence-corrected chi connectivity index (χ3v) is 7.65. The summed E-state index contributed by atoms with van der Waals surface area (Å²) in [7, 11) is 0.431. The smallest absolute Gasteiger partial charge is 0.244 e. The normalized spacial score (nSPS) is 11.9. The highest BCUT2D eigenvalue weighted by atomic mass is 32.2. The lowest BCUT2D eigenvalue weighted by molar-refractivity contribution is -0.140. The molecule has 0 aliphatic rings. The minimum atomic E-state index is -3.98. The number of hydrogen-bond acceptors (Lipinski definition) is 7. The van der Waals surface area contributed by atoms with Gasteiger partial charge in [-0.05, 0) is 49.2 Å². The van der Waals surface area contributed by atoms with E-state index in [2.05, 4.69) is 5.32 Å². The predicted octanol–water partition coefficient (Wildman–Crippen LogP) is 3.64. The van der Waals surface area contributed by atoms with Crippen LogP contribution in [0.5, 0.6) is 17.2 Å². The standard InChI is InChI=1S/C31H39N3O7S/c1-22(2)32-31(36)28(18-23-11-8-7-9-12-23)33(20-24-13-10-14-25(17-24)39-3)30(35)21-34(42(6,37)38)27-19-26(40-4)15-16-29(27)41-5/h7-17,19,22,28H,18,20-21H2,1-6H3,(H,32,36)/t28-/m1/s1. The fraction of sp³-hybridized carbons (Fsp3) is 0.355. The summed E-state index contributed by atoms with van der Waals surface area (Å²) in [5.74, 6) is 0.290. The molecule has 3 aromatic carbocycles. The van der Waals surface area contributed by atoms with Crippen molar-refractivity contribution in [1.82, 2.24) is 10.2 Å². The second kappa shape index (κ2) is 14.6. The van der Waals surface area contributed by atoms with E-state index in [0.717, 1.165) is 16.1 Å². The molecule has 0 aliphatic carbocycles. The van der Waals surface area contributed by atoms with Crippen molar-refractivity contribution in [2.75, 3.05) is 38.4 Å². The fourth-order valence-corrected chi connectivity index (χ4v) is 5.33. The van der Waals surface area contributed by atoms with Gasteiger partial charge in [0.1, 0.15) is 29.8 Å². The summed E-state index contributed by atoms with van der Waals surface area (Å²) in [5.41, 5.74) is 1.70. The van der Waals surface area contributed by atoms with Gasteiger partial charge in [0, 0.05) is 25.1 Å². The zero-order valence-electron chi connectivity index (χ0n) is 24.9. The van der Waals surface area contributed by atoms with E-state index in [1.54, 1.807) is 37.4 Å². The van der Waals surface area contributed by atoms with Gasteiger partial charge in [-0.2, -0.15) is 0 Å². The molecule has 226 valence electrons. The minimum Gasteiger partial charge on any atom is -0.497 e. The van der Waals surface area contributed by atoms with Crippen LogP contribution in [0.1, 0.15) is 25.0 Å². The van der Waals surface area contributed by atoms with Gasteiger partial charge in [-0.15, -0.1) is 0 Å². The average molecular weight is 598 g/mol. The number of rotatable bonds is 14. The molecule has 2 amide bonds. The molecule has 42 heavy (non-hydrogen) atoms. The molecule has 1 N–H and O–H groups in total. The van der Waals surface area contributed by atoms with Gasteiger partial charge in [0.15, 0.2) is 0 Å². The number of sulfonamides is 1. The molecule has 0 saturated carbocycles. The average Bonchev–Trinajstić information content (AvgIpc) is 2.96. The van der Waals surface area contributed by atoms with Crippen molar-refractivity contribution in [3.8, 4) is 17.2 Å². The Hall–Kier alpha value is -4.25. The molecule has 0 aliphatic heterocycles. The molecule has 1 atom stereocenters. The number of carbonyl (C=O) groups is 2. The lowest BCUT2D eigenvalue weighted by atomic mass is 10.0. The summed E-state index contributed by atoms with van der Waals surface area (Å²) >= 11 is 0. The molecule has 10 nitrogen and oxygen atoms in total. The summed E-state index contributed by atoms with van der Waals surface area (Å²) in [6.07, 6.45) is 1.23. The molecule has 0 bridgehead atoms. The number of ether oxygens (including phenoxy) is 3. The minimum absolute atomic E-state index is 0.0336. The van der Waals surface area contributed by atoms with E-state index in [1.165, 1.54) is 25.2 Å². The van der Waals surface area contributed by atoms with E-state index in [-0.39, 0.29) is 36.4 Å². The van der Waals surface area contributed by atoms with Gasteiger partial charge in [-0.1, -0.05) is 42.5 Å². The summed E-state index contributed by atoms with van der Waals surface area (Å²) in [6.45, 7) is 3.14. The Morgan fingerprint density at radius 1 is 0.833 bits per heavy atom. The number of amides is 2. The van der Waals surface area contributed by atoms with Gasteiger partial charge < -0.3 is 24.4 Å². The molecule has 0 aromatic heterocycles. The first-order chi connectivity index (χ1) is 20.0. The maximum absolute atomic E-state index is 14.2. The number of benzene rings is 3. The second-order valence-corrected chi connectivity index (χ2v) is 12.0. The Kier molecular flexibility index (Phi) is 11.2. The Balaban J connectivity index is 2.12. The SMILES string of the molecule is COc1cccc(CN(C(=O)CN(c2cc(OC)ccc2OC)S(C)(=O)=O)[C@H](Cc2ccccc2)C(=O)NC(C)C)c1. The van der Waals surface area contributed by atoms with Gasteiger partial charge in [-0.25, -0.2) is 8.42 Å². The van der Waals surface area contributed by atoms with Crippen LogP contribution in [0.25, 0.3) is 0 Å². The van der Waals surface area contributed by atoms with Crippen LogP contribution in [0, 0.1) is 0 Å². The number of carbonyl (C=O) groups excluding carboxylic acids is 2. The van der Waals surface area contributed by atoms with Crippen molar-refractivity contribution in [3.63, 3.8) is 0 Å². The van der Waals surface area contributed by atoms with E-state index < -0.39 is 28.5 Å². The molecule has 0 heterocycles. The lowest BCUT2D eigenvalue weighted by Crippen LogP contribution is -2.54. The highest BCUT2D eigenvalue weighted by Gasteiger charge is 2.34. The van der Waals surface area contributed by atoms with Gasteiger partial charge in [0.2, 0.25) is 21.8 Å². The zero-order valence-corrected chi connectivity index (χ0v) is 25.7. The Bertz CT molecular complexity index is 1460. The van der Waals surface area contributed by atoms with Crippen LogP contribution in [-0.2, 0) is 32.6 Å². The first-order valence-electron chi connectivity index (χ1n) is 13.4. The first-order valence-corrected chi connectivity index (χ1v) is 15.3. The van der Waals surface area contributed by atoms with E-state index in [9.17, 15) is 18.0 Å². The van der Waals surface area contributed by atoms with Gasteiger partial charge in [0.05, 0.1) is 33.3 Å². The third-order valence-electron chi connectivity index (χ3n) is 6.52. The summed E-state index contributed by atoms with van der Waals surface area (Å²) in [4.78, 5) is 29.3. The number of anilines is 1. The lowest BCUT2D eigenvalue weighted by Gasteiger charge is -2.34. The van der Waals surface area contributed by atoms with Crippen LogP contribution in [0.4, 0.5) is 5.69 Å². The number of methoxy groups -OCH3 is 3. The van der Waals surface area contributed by atoms with Crippen molar-refractivity contribution < 1.29 is 32.2 Å². The van der Waals surface area contributed by atoms with Gasteiger partial charge in [-0.3, -0.25) is 13.9 Å². The molecule has 0 radical (unpaired) electrons. The second-order valence-electron chi connectivity index (χ2n) is 10.0. The van der Waals surface area contributed by atoms with Crippen molar-refractivity contribution in [3.05, 3.63) is 83.9 Å². The van der Waals surface area contributed by atoms with Crippen LogP contribution in [-0.4, -0.2) is 71.3 Å². The van der Waals surface area contributed by atoms with Crippen LogP contribution < -0.4 is 23.8 Å². The van der Waals surface area contributed by atoms with E-state index in [0.29, 0.717) is 17.1 Å². The van der Waals surface area contributed by atoms with Crippen LogP contribution in [0.15, 0.2) is 72.8 Å². The van der Waals surface area contributed by atoms with Gasteiger partial charge >= 0.3 is 0 Å². The van der Waals surface area contributed by atoms with E-state index >= 15 is 0 Å². The zero-order chi connectivity index (χ0) is 30.9. The number of nitrogens with one attached hydrogen (secondary N) is 1. The first kappa shape index (κ1) is 32.3. The van der Waals surface area contributed by atoms with Crippen LogP contribution in [0.2, 0.25) is 0 Å². The highest BCUT2D eigenvalue weighted by Crippen LogP contribution is 2.34. The van der Waals surface area contributed by atoms with Crippen LogP contribution in [0.3, 0.4) is 0 Å². The highest BCUT2D eigenvalue weighted by molar-refractivity contribution is 7.92. The van der Waals surface area contributed by atoms with Crippen molar-refractivity contribution >= 4 is 27.5 Å². The Labute approximate surface area is 248 Å². The molecule has 3 rings (SSSR count). The van der Waals surface area contributed by atoms with E-state index in [1.807, 2.05) is 50.2 Å². The number of hydrogen-bond donors (Lipinski definition) is 1. The molecule has 0 fully saturated rings. The predicted molar refractivity (Wildman–Crippen MR) is 162 cm³/mol. The molecular weight excluding hydrogens is 558 g/mol. The van der Waals surface area contributed by atoms with Crippen molar-refractivity contribution in [2.24, 2.45) is 0 Å². The largest absolute Gasteiger partial charge is 0.497 e. The van der Waals surface area contributed by atoms with Gasteiger partial charge in [0.25, 0.3) is 0 Å². The van der Waals surface area contributed by atoms with Crippen molar-refractivity contribution in [2.45, 2.75) is 38.9 Å². The molecule has 0 spiro atoms. The third kappa shape index (κ3) is 8.62. The quantitative estimate of drug-likeness (QED) is 0.302.